The summed E-state index contributed by atoms with van der Waals surface area (Å²) in [5.74, 6) is 0. The van der Waals surface area contributed by atoms with Crippen LogP contribution in [0.5, 0.6) is 0 Å². The molecule has 2 heterocycles. The van der Waals surface area contributed by atoms with Crippen LogP contribution < -0.4 is 5.32 Å². The van der Waals surface area contributed by atoms with Crippen molar-refractivity contribution in [3.8, 4) is 16.5 Å². The third-order valence-electron chi connectivity index (χ3n) is 3.50. The Bertz CT molecular complexity index is 802. The summed E-state index contributed by atoms with van der Waals surface area (Å²) in [6.07, 6.45) is 3.55. The van der Waals surface area contributed by atoms with Gasteiger partial charge in [-0.2, -0.15) is 5.26 Å². The van der Waals surface area contributed by atoms with E-state index in [4.69, 9.17) is 0 Å². The van der Waals surface area contributed by atoms with E-state index in [1.807, 2.05) is 37.3 Å². The van der Waals surface area contributed by atoms with E-state index in [0.29, 0.717) is 6.54 Å². The molecular weight excluding hydrogens is 290 g/mol. The topological polar surface area (TPSA) is 48.7 Å². The van der Waals surface area contributed by atoms with Gasteiger partial charge in [-0.25, -0.2) is 0 Å². The van der Waals surface area contributed by atoms with Crippen LogP contribution in [0.2, 0.25) is 0 Å². The van der Waals surface area contributed by atoms with E-state index in [2.05, 4.69) is 28.5 Å². The lowest BCUT2D eigenvalue weighted by molar-refractivity contribution is 1.16. The summed E-state index contributed by atoms with van der Waals surface area (Å²) in [4.78, 5) is 5.17. The van der Waals surface area contributed by atoms with Crippen LogP contribution in [0, 0.1) is 18.3 Å². The third-order valence-corrected chi connectivity index (χ3v) is 4.80. The highest BCUT2D eigenvalue weighted by molar-refractivity contribution is 7.19. The summed E-state index contributed by atoms with van der Waals surface area (Å²) < 4.78 is 0. The number of pyridine rings is 1. The van der Waals surface area contributed by atoms with E-state index in [1.165, 1.54) is 5.56 Å². The molecule has 0 aliphatic heterocycles. The smallest absolute Gasteiger partial charge is 0.107 e. The molecule has 22 heavy (non-hydrogen) atoms. The van der Waals surface area contributed by atoms with Gasteiger partial charge in [0.25, 0.3) is 0 Å². The summed E-state index contributed by atoms with van der Waals surface area (Å²) in [7, 11) is 0. The van der Waals surface area contributed by atoms with Crippen LogP contribution in [0.15, 0.2) is 54.9 Å². The van der Waals surface area contributed by atoms with E-state index >= 15 is 0 Å². The summed E-state index contributed by atoms with van der Waals surface area (Å²) in [6, 6.07) is 16.5. The number of aromatic nitrogens is 1. The maximum absolute atomic E-state index is 9.46. The Labute approximate surface area is 133 Å². The lowest BCUT2D eigenvalue weighted by Crippen LogP contribution is -1.98. The van der Waals surface area contributed by atoms with Crippen molar-refractivity contribution in [3.63, 3.8) is 0 Å². The number of hydrogen-bond acceptors (Lipinski definition) is 4. The number of nitriles is 1. The van der Waals surface area contributed by atoms with Gasteiger partial charge in [0, 0.05) is 23.8 Å². The minimum absolute atomic E-state index is 0.714. The standard InChI is InChI=1S/C18H15N3S/c1-13-16(11-19)18(21-12-14-5-3-2-4-6-14)22-17(13)15-7-9-20-10-8-15/h2-10,21H,12H2,1H3. The van der Waals surface area contributed by atoms with Crippen molar-refractivity contribution in [1.82, 2.24) is 4.98 Å². The first-order chi connectivity index (χ1) is 10.8. The van der Waals surface area contributed by atoms with Crippen LogP contribution in [-0.2, 0) is 6.54 Å². The van der Waals surface area contributed by atoms with Crippen LogP contribution in [0.4, 0.5) is 5.00 Å². The molecule has 0 radical (unpaired) electrons. The van der Waals surface area contributed by atoms with Crippen molar-refractivity contribution >= 4 is 16.3 Å². The Kier molecular flexibility index (Phi) is 4.17. The molecule has 0 saturated carbocycles. The average molecular weight is 305 g/mol. The van der Waals surface area contributed by atoms with Crippen LogP contribution >= 0.6 is 11.3 Å². The molecule has 108 valence electrons. The highest BCUT2D eigenvalue weighted by Crippen LogP contribution is 2.39. The van der Waals surface area contributed by atoms with Gasteiger partial charge >= 0.3 is 0 Å². The Balaban J connectivity index is 1.90. The van der Waals surface area contributed by atoms with Crippen LogP contribution in [-0.4, -0.2) is 4.98 Å². The zero-order valence-electron chi connectivity index (χ0n) is 12.2. The van der Waals surface area contributed by atoms with Crippen molar-refractivity contribution in [3.05, 3.63) is 71.5 Å². The first-order valence-corrected chi connectivity index (χ1v) is 7.83. The number of hydrogen-bond donors (Lipinski definition) is 1. The molecule has 1 aromatic carbocycles. The summed E-state index contributed by atoms with van der Waals surface area (Å²) in [5, 5.41) is 13.8. The second-order valence-corrected chi connectivity index (χ2v) is 5.97. The maximum Gasteiger partial charge on any atom is 0.107 e. The highest BCUT2D eigenvalue weighted by Gasteiger charge is 2.15. The number of nitrogens with zero attached hydrogens (tertiary/aromatic N) is 2. The largest absolute Gasteiger partial charge is 0.372 e. The fourth-order valence-electron chi connectivity index (χ4n) is 2.33. The second-order valence-electron chi connectivity index (χ2n) is 4.95. The van der Waals surface area contributed by atoms with Gasteiger partial charge in [0.15, 0.2) is 0 Å². The Morgan fingerprint density at radius 2 is 1.86 bits per heavy atom. The molecule has 0 saturated heterocycles. The van der Waals surface area contributed by atoms with Crippen molar-refractivity contribution in [2.24, 2.45) is 0 Å². The number of rotatable bonds is 4. The van der Waals surface area contributed by atoms with Gasteiger partial charge in [0.05, 0.1) is 5.56 Å². The minimum Gasteiger partial charge on any atom is -0.372 e. The molecule has 1 N–H and O–H groups in total. The molecule has 0 bridgehead atoms. The van der Waals surface area contributed by atoms with Gasteiger partial charge in [-0.05, 0) is 35.7 Å². The molecule has 0 aliphatic rings. The molecule has 3 rings (SSSR count). The minimum atomic E-state index is 0.714. The Morgan fingerprint density at radius 1 is 1.14 bits per heavy atom. The third kappa shape index (κ3) is 2.85. The average Bonchev–Trinajstić information content (AvgIpc) is 2.90. The molecule has 4 heteroatoms. The van der Waals surface area contributed by atoms with E-state index in [-0.39, 0.29) is 0 Å². The van der Waals surface area contributed by atoms with Gasteiger partial charge in [-0.3, -0.25) is 4.98 Å². The van der Waals surface area contributed by atoms with Gasteiger partial charge in [0.1, 0.15) is 11.1 Å². The SMILES string of the molecule is Cc1c(-c2ccncc2)sc(NCc2ccccc2)c1C#N. The molecule has 0 amide bonds. The quantitative estimate of drug-likeness (QED) is 0.766. The van der Waals surface area contributed by atoms with E-state index in [9.17, 15) is 5.26 Å². The fraction of sp³-hybridized carbons (Fsp3) is 0.111. The van der Waals surface area contributed by atoms with Gasteiger partial charge in [-0.15, -0.1) is 11.3 Å². The summed E-state index contributed by atoms with van der Waals surface area (Å²) in [5.41, 5.74) is 4.05. The predicted molar refractivity (Wildman–Crippen MR) is 90.8 cm³/mol. The first-order valence-electron chi connectivity index (χ1n) is 7.01. The molecule has 0 spiro atoms. The summed E-state index contributed by atoms with van der Waals surface area (Å²) in [6.45, 7) is 2.71. The van der Waals surface area contributed by atoms with Gasteiger partial charge < -0.3 is 5.32 Å². The molecule has 0 unspecified atom stereocenters. The zero-order chi connectivity index (χ0) is 15.4. The van der Waals surface area contributed by atoms with Crippen LogP contribution in [0.3, 0.4) is 0 Å². The lowest BCUT2D eigenvalue weighted by atomic mass is 10.1. The second kappa shape index (κ2) is 6.42. The van der Waals surface area contributed by atoms with Gasteiger partial charge in [0.2, 0.25) is 0 Å². The Hall–Kier alpha value is -2.64. The van der Waals surface area contributed by atoms with Crippen LogP contribution in [0.1, 0.15) is 16.7 Å². The molecule has 0 aliphatic carbocycles. The first kappa shape index (κ1) is 14.3. The highest BCUT2D eigenvalue weighted by atomic mass is 32.1. The number of anilines is 1. The van der Waals surface area contributed by atoms with E-state index in [0.717, 1.165) is 26.6 Å². The lowest BCUT2D eigenvalue weighted by Gasteiger charge is -2.04. The van der Waals surface area contributed by atoms with E-state index < -0.39 is 0 Å². The van der Waals surface area contributed by atoms with Crippen molar-refractivity contribution in [1.29, 1.82) is 5.26 Å². The number of thiophene rings is 1. The van der Waals surface area contributed by atoms with E-state index in [1.54, 1.807) is 23.7 Å². The normalized spacial score (nSPS) is 10.2. The summed E-state index contributed by atoms with van der Waals surface area (Å²) >= 11 is 1.62. The molecular formula is C18H15N3S. The van der Waals surface area contributed by atoms with Gasteiger partial charge in [-0.1, -0.05) is 30.3 Å². The monoisotopic (exact) mass is 305 g/mol. The molecule has 0 fully saturated rings. The molecule has 3 aromatic rings. The van der Waals surface area contributed by atoms with Crippen molar-refractivity contribution < 1.29 is 0 Å². The van der Waals surface area contributed by atoms with Crippen molar-refractivity contribution in [2.75, 3.05) is 5.32 Å². The molecule has 3 nitrogen and oxygen atoms in total. The Morgan fingerprint density at radius 3 is 2.55 bits per heavy atom. The molecule has 0 atom stereocenters. The number of nitrogens with one attached hydrogen (secondary N) is 1. The van der Waals surface area contributed by atoms with Crippen molar-refractivity contribution in [2.45, 2.75) is 13.5 Å². The number of benzene rings is 1. The predicted octanol–water partition coefficient (Wildman–Crippen LogP) is 4.60. The van der Waals surface area contributed by atoms with Crippen LogP contribution in [0.25, 0.3) is 10.4 Å². The maximum atomic E-state index is 9.46. The zero-order valence-corrected chi connectivity index (χ0v) is 13.0. The fourth-order valence-corrected chi connectivity index (χ4v) is 3.49. The molecule has 2 aromatic heterocycles.